The van der Waals surface area contributed by atoms with Crippen molar-refractivity contribution in [3.05, 3.63) is 42.0 Å². The number of nitrogens with zero attached hydrogens (tertiary/aromatic N) is 5. The van der Waals surface area contributed by atoms with E-state index in [0.29, 0.717) is 30.5 Å². The zero-order valence-corrected chi connectivity index (χ0v) is 16.1. The van der Waals surface area contributed by atoms with Crippen LogP contribution in [0, 0.1) is 6.92 Å². The predicted molar refractivity (Wildman–Crippen MR) is 100 cm³/mol. The normalized spacial score (nSPS) is 18.8. The summed E-state index contributed by atoms with van der Waals surface area (Å²) in [4.78, 5) is 13.4. The van der Waals surface area contributed by atoms with Crippen molar-refractivity contribution in [2.45, 2.75) is 25.7 Å². The molecule has 0 aromatic carbocycles. The zero-order valence-electron chi connectivity index (χ0n) is 15.3. The molecule has 3 heterocycles. The van der Waals surface area contributed by atoms with Crippen LogP contribution in [-0.4, -0.2) is 59.2 Å². The van der Waals surface area contributed by atoms with E-state index in [1.807, 2.05) is 31.2 Å². The number of pyridine rings is 1. The third kappa shape index (κ3) is 4.17. The Labute approximate surface area is 154 Å². The summed E-state index contributed by atoms with van der Waals surface area (Å²) < 4.78 is 27.6. The van der Waals surface area contributed by atoms with Gasteiger partial charge >= 0.3 is 0 Å². The first-order chi connectivity index (χ1) is 12.4. The van der Waals surface area contributed by atoms with Gasteiger partial charge in [-0.25, -0.2) is 15.0 Å². The molecule has 1 aliphatic heterocycles. The highest BCUT2D eigenvalue weighted by atomic mass is 32.2. The van der Waals surface area contributed by atoms with Crippen LogP contribution in [0.2, 0.25) is 0 Å². The van der Waals surface area contributed by atoms with E-state index in [1.54, 1.807) is 20.3 Å². The van der Waals surface area contributed by atoms with Gasteiger partial charge in [-0.05, 0) is 31.9 Å². The Morgan fingerprint density at radius 2 is 2.04 bits per heavy atom. The van der Waals surface area contributed by atoms with Gasteiger partial charge in [-0.1, -0.05) is 6.07 Å². The van der Waals surface area contributed by atoms with Gasteiger partial charge in [0.05, 0.1) is 0 Å². The van der Waals surface area contributed by atoms with Crippen LogP contribution in [0.15, 0.2) is 30.5 Å². The summed E-state index contributed by atoms with van der Waals surface area (Å²) in [5.74, 6) is 2.01. The Morgan fingerprint density at radius 1 is 1.23 bits per heavy atom. The van der Waals surface area contributed by atoms with Crippen molar-refractivity contribution in [1.29, 1.82) is 0 Å². The molecule has 1 saturated heterocycles. The molecule has 1 N–H and O–H groups in total. The molecule has 8 nitrogen and oxygen atoms in total. The standard InChI is InChI=1S/C17H24N6O2S/c1-13-11-16(20-15-8-4-5-9-18-15)21-17(19-13)14-7-6-10-23(12-14)26(24,25)22(2)3/h4-5,8-9,11,14H,6-7,10,12H2,1-3H3,(H,18,19,20,21)/t14-/m1/s1. The maximum Gasteiger partial charge on any atom is 0.281 e. The number of rotatable bonds is 5. The van der Waals surface area contributed by atoms with Gasteiger partial charge in [-0.15, -0.1) is 0 Å². The summed E-state index contributed by atoms with van der Waals surface area (Å²) >= 11 is 0. The summed E-state index contributed by atoms with van der Waals surface area (Å²) in [6.07, 6.45) is 3.37. The molecule has 26 heavy (non-hydrogen) atoms. The van der Waals surface area contributed by atoms with Gasteiger partial charge in [-0.2, -0.15) is 17.0 Å². The molecule has 0 amide bonds. The van der Waals surface area contributed by atoms with Crippen molar-refractivity contribution in [1.82, 2.24) is 23.6 Å². The summed E-state index contributed by atoms with van der Waals surface area (Å²) in [6.45, 7) is 2.83. The predicted octanol–water partition coefficient (Wildman–Crippen LogP) is 1.91. The van der Waals surface area contributed by atoms with Crippen LogP contribution < -0.4 is 5.32 Å². The lowest BCUT2D eigenvalue weighted by Gasteiger charge is -2.32. The molecule has 0 bridgehead atoms. The number of hydrogen-bond acceptors (Lipinski definition) is 6. The minimum Gasteiger partial charge on any atom is -0.325 e. The smallest absolute Gasteiger partial charge is 0.281 e. The van der Waals surface area contributed by atoms with Gasteiger partial charge in [-0.3, -0.25) is 0 Å². The second kappa shape index (κ2) is 7.65. The van der Waals surface area contributed by atoms with Gasteiger partial charge in [0.15, 0.2) is 0 Å². The number of nitrogens with one attached hydrogen (secondary N) is 1. The molecule has 0 saturated carbocycles. The quantitative estimate of drug-likeness (QED) is 0.857. The molecule has 3 rings (SSSR count). The van der Waals surface area contributed by atoms with Gasteiger partial charge in [0.25, 0.3) is 10.2 Å². The van der Waals surface area contributed by atoms with Crippen LogP contribution in [0.1, 0.15) is 30.3 Å². The van der Waals surface area contributed by atoms with Crippen LogP contribution in [0.25, 0.3) is 0 Å². The molecular weight excluding hydrogens is 352 g/mol. The average molecular weight is 376 g/mol. The summed E-state index contributed by atoms with van der Waals surface area (Å²) in [7, 11) is -0.319. The first-order valence-corrected chi connectivity index (χ1v) is 9.97. The lowest BCUT2D eigenvalue weighted by Crippen LogP contribution is -2.45. The topological polar surface area (TPSA) is 91.3 Å². The first-order valence-electron chi connectivity index (χ1n) is 8.57. The Bertz CT molecular complexity index is 857. The fourth-order valence-corrected chi connectivity index (χ4v) is 4.19. The molecule has 2 aromatic rings. The Hall–Kier alpha value is -2.10. The van der Waals surface area contributed by atoms with Crippen LogP contribution in [0.3, 0.4) is 0 Å². The van der Waals surface area contributed by atoms with Crippen molar-refractivity contribution in [2.24, 2.45) is 0 Å². The number of aromatic nitrogens is 3. The summed E-state index contributed by atoms with van der Waals surface area (Å²) in [5.41, 5.74) is 0.834. The molecule has 1 atom stereocenters. The fraction of sp³-hybridized carbons (Fsp3) is 0.471. The fourth-order valence-electron chi connectivity index (χ4n) is 3.00. The van der Waals surface area contributed by atoms with E-state index in [2.05, 4.69) is 20.3 Å². The molecule has 1 fully saturated rings. The highest BCUT2D eigenvalue weighted by molar-refractivity contribution is 7.86. The lowest BCUT2D eigenvalue weighted by atomic mass is 9.99. The number of anilines is 2. The van der Waals surface area contributed by atoms with Crippen LogP contribution in [-0.2, 0) is 10.2 Å². The second-order valence-electron chi connectivity index (χ2n) is 6.58. The van der Waals surface area contributed by atoms with Gasteiger partial charge in [0.2, 0.25) is 0 Å². The molecular formula is C17H24N6O2S. The maximum absolute atomic E-state index is 12.4. The number of hydrogen-bond donors (Lipinski definition) is 1. The largest absolute Gasteiger partial charge is 0.325 e. The SMILES string of the molecule is Cc1cc(Nc2ccccn2)nc([C@@H]2CCCN(S(=O)(=O)N(C)C)C2)n1. The van der Waals surface area contributed by atoms with Crippen LogP contribution >= 0.6 is 0 Å². The van der Waals surface area contributed by atoms with Crippen molar-refractivity contribution in [3.63, 3.8) is 0 Å². The van der Waals surface area contributed by atoms with E-state index in [4.69, 9.17) is 0 Å². The molecule has 0 spiro atoms. The van der Waals surface area contributed by atoms with Gasteiger partial charge in [0.1, 0.15) is 17.5 Å². The van der Waals surface area contributed by atoms with E-state index in [9.17, 15) is 8.42 Å². The van der Waals surface area contributed by atoms with Crippen LogP contribution in [0.4, 0.5) is 11.6 Å². The van der Waals surface area contributed by atoms with Crippen molar-refractivity contribution < 1.29 is 8.42 Å². The number of aryl methyl sites for hydroxylation is 1. The van der Waals surface area contributed by atoms with Crippen molar-refractivity contribution >= 4 is 21.8 Å². The van der Waals surface area contributed by atoms with Crippen LogP contribution in [0.5, 0.6) is 0 Å². The van der Waals surface area contributed by atoms with Crippen molar-refractivity contribution in [3.8, 4) is 0 Å². The van der Waals surface area contributed by atoms with Gasteiger partial charge < -0.3 is 5.32 Å². The highest BCUT2D eigenvalue weighted by Gasteiger charge is 2.32. The van der Waals surface area contributed by atoms with Crippen molar-refractivity contribution in [2.75, 3.05) is 32.5 Å². The third-order valence-electron chi connectivity index (χ3n) is 4.33. The van der Waals surface area contributed by atoms with E-state index in [1.165, 1.54) is 8.61 Å². The first kappa shape index (κ1) is 18.7. The average Bonchev–Trinajstić information content (AvgIpc) is 2.62. The summed E-state index contributed by atoms with van der Waals surface area (Å²) in [5, 5.41) is 3.18. The minimum absolute atomic E-state index is 0.0253. The molecule has 9 heteroatoms. The minimum atomic E-state index is -3.42. The second-order valence-corrected chi connectivity index (χ2v) is 8.72. The van der Waals surface area contributed by atoms with Gasteiger partial charge in [0, 0.05) is 51.1 Å². The maximum atomic E-state index is 12.4. The molecule has 0 unspecified atom stereocenters. The lowest BCUT2D eigenvalue weighted by molar-refractivity contribution is 0.293. The molecule has 140 valence electrons. The molecule has 1 aliphatic rings. The van der Waals surface area contributed by atoms with E-state index in [0.717, 1.165) is 18.5 Å². The third-order valence-corrected chi connectivity index (χ3v) is 6.24. The van der Waals surface area contributed by atoms with E-state index in [-0.39, 0.29) is 5.92 Å². The van der Waals surface area contributed by atoms with E-state index >= 15 is 0 Å². The zero-order chi connectivity index (χ0) is 18.7. The Balaban J connectivity index is 1.82. The number of piperidine rings is 1. The highest BCUT2D eigenvalue weighted by Crippen LogP contribution is 2.28. The molecule has 0 aliphatic carbocycles. The monoisotopic (exact) mass is 376 g/mol. The molecule has 0 radical (unpaired) electrons. The Kier molecular flexibility index (Phi) is 5.49. The van der Waals surface area contributed by atoms with E-state index < -0.39 is 10.2 Å². The summed E-state index contributed by atoms with van der Waals surface area (Å²) in [6, 6.07) is 7.47. The molecule has 2 aromatic heterocycles. The Morgan fingerprint density at radius 3 is 2.73 bits per heavy atom.